The van der Waals surface area contributed by atoms with E-state index in [1.54, 1.807) is 0 Å². The Balaban J connectivity index is 1.61. The second-order valence-electron chi connectivity index (χ2n) is 5.74. The highest BCUT2D eigenvalue weighted by Gasteiger charge is 2.26. The van der Waals surface area contributed by atoms with Gasteiger partial charge in [0.1, 0.15) is 0 Å². The van der Waals surface area contributed by atoms with Gasteiger partial charge in [0.05, 0.1) is 6.61 Å². The molecule has 1 aromatic heterocycles. The van der Waals surface area contributed by atoms with Crippen molar-refractivity contribution in [1.82, 2.24) is 14.7 Å². The van der Waals surface area contributed by atoms with Crippen molar-refractivity contribution in [1.29, 1.82) is 0 Å². The maximum atomic E-state index is 9.51. The summed E-state index contributed by atoms with van der Waals surface area (Å²) < 4.78 is 2.00. The van der Waals surface area contributed by atoms with Crippen molar-refractivity contribution >= 4 is 0 Å². The normalized spacial score (nSPS) is 24.7. The first-order valence-electron chi connectivity index (χ1n) is 7.63. The smallest absolute Gasteiger partial charge is 0.0589 e. The van der Waals surface area contributed by atoms with Gasteiger partial charge in [-0.05, 0) is 50.8 Å². The summed E-state index contributed by atoms with van der Waals surface area (Å²) in [6.45, 7) is 5.90. The third-order valence-corrected chi connectivity index (χ3v) is 4.31. The van der Waals surface area contributed by atoms with Gasteiger partial charge >= 0.3 is 0 Å². The molecule has 0 aromatic carbocycles. The summed E-state index contributed by atoms with van der Waals surface area (Å²) in [5.41, 5.74) is 0. The Bertz CT molecular complexity index is 339. The zero-order valence-corrected chi connectivity index (χ0v) is 12.0. The van der Waals surface area contributed by atoms with Gasteiger partial charge in [-0.2, -0.15) is 5.10 Å². The monoisotopic (exact) mass is 265 g/mol. The molecule has 1 aliphatic heterocycles. The zero-order valence-electron chi connectivity index (χ0n) is 12.0. The van der Waals surface area contributed by atoms with Crippen molar-refractivity contribution in [2.24, 2.45) is 5.92 Å². The highest BCUT2D eigenvalue weighted by Crippen LogP contribution is 2.23. The van der Waals surface area contributed by atoms with E-state index in [0.717, 1.165) is 19.6 Å². The van der Waals surface area contributed by atoms with Crippen molar-refractivity contribution in [2.75, 3.05) is 19.7 Å². The molecule has 1 N–H and O–H groups in total. The predicted molar refractivity (Wildman–Crippen MR) is 76.9 cm³/mol. The number of aromatic nitrogens is 2. The van der Waals surface area contributed by atoms with Gasteiger partial charge in [-0.1, -0.05) is 13.3 Å². The molecule has 4 nitrogen and oxygen atoms in total. The Morgan fingerprint density at radius 1 is 1.26 bits per heavy atom. The van der Waals surface area contributed by atoms with E-state index in [9.17, 15) is 5.11 Å². The van der Waals surface area contributed by atoms with Crippen LogP contribution in [0.5, 0.6) is 0 Å². The number of aliphatic hydroxyl groups excluding tert-OH is 1. The molecule has 0 bridgehead atoms. The zero-order chi connectivity index (χ0) is 13.5. The number of rotatable bonds is 7. The maximum absolute atomic E-state index is 9.51. The van der Waals surface area contributed by atoms with Gasteiger partial charge in [0.25, 0.3) is 0 Å². The van der Waals surface area contributed by atoms with Crippen LogP contribution in [0.1, 0.15) is 39.0 Å². The number of aryl methyl sites for hydroxylation is 1. The number of aliphatic hydroxyl groups is 1. The Labute approximate surface area is 116 Å². The summed E-state index contributed by atoms with van der Waals surface area (Å²) in [6, 6.07) is 2.36. The van der Waals surface area contributed by atoms with Crippen LogP contribution in [0.4, 0.5) is 0 Å². The van der Waals surface area contributed by atoms with E-state index in [-0.39, 0.29) is 0 Å². The summed E-state index contributed by atoms with van der Waals surface area (Å²) in [7, 11) is 0. The first-order chi connectivity index (χ1) is 9.31. The van der Waals surface area contributed by atoms with Crippen LogP contribution in [-0.4, -0.2) is 45.5 Å². The minimum Gasteiger partial charge on any atom is -0.395 e. The summed E-state index contributed by atoms with van der Waals surface area (Å²) >= 11 is 0. The van der Waals surface area contributed by atoms with Crippen molar-refractivity contribution in [2.45, 2.75) is 51.6 Å². The van der Waals surface area contributed by atoms with Crippen molar-refractivity contribution < 1.29 is 5.11 Å². The number of hydrogen-bond donors (Lipinski definition) is 1. The third kappa shape index (κ3) is 4.32. The number of hydrogen-bond acceptors (Lipinski definition) is 3. The van der Waals surface area contributed by atoms with Crippen LogP contribution in [-0.2, 0) is 6.54 Å². The molecule has 1 saturated heterocycles. The first-order valence-corrected chi connectivity index (χ1v) is 7.63. The Kier molecular flexibility index (Phi) is 5.86. The van der Waals surface area contributed by atoms with Crippen molar-refractivity contribution in [3.63, 3.8) is 0 Å². The minimum atomic E-state index is 0.314. The lowest BCUT2D eigenvalue weighted by atomic mass is 9.91. The van der Waals surface area contributed by atoms with Crippen LogP contribution in [0.15, 0.2) is 18.5 Å². The minimum absolute atomic E-state index is 0.314. The molecule has 0 radical (unpaired) electrons. The average molecular weight is 265 g/mol. The number of piperidine rings is 1. The average Bonchev–Trinajstić information content (AvgIpc) is 2.92. The third-order valence-electron chi connectivity index (χ3n) is 4.31. The fraction of sp³-hybridized carbons (Fsp3) is 0.800. The fourth-order valence-corrected chi connectivity index (χ4v) is 3.11. The predicted octanol–water partition coefficient (Wildman–Crippen LogP) is 2.15. The molecular formula is C15H27N3O. The Hall–Kier alpha value is -0.870. The Morgan fingerprint density at radius 3 is 2.84 bits per heavy atom. The van der Waals surface area contributed by atoms with E-state index in [2.05, 4.69) is 16.9 Å². The van der Waals surface area contributed by atoms with E-state index in [4.69, 9.17) is 0 Å². The van der Waals surface area contributed by atoms with Gasteiger partial charge in [0, 0.05) is 25.0 Å². The summed E-state index contributed by atoms with van der Waals surface area (Å²) in [4.78, 5) is 2.49. The van der Waals surface area contributed by atoms with Gasteiger partial charge in [0.15, 0.2) is 0 Å². The largest absolute Gasteiger partial charge is 0.395 e. The molecule has 108 valence electrons. The van der Waals surface area contributed by atoms with Crippen LogP contribution in [0, 0.1) is 5.92 Å². The van der Waals surface area contributed by atoms with Crippen LogP contribution in [0.2, 0.25) is 0 Å². The molecule has 0 aliphatic carbocycles. The second-order valence-corrected chi connectivity index (χ2v) is 5.74. The molecule has 0 amide bonds. The molecule has 4 heteroatoms. The summed E-state index contributed by atoms with van der Waals surface area (Å²) in [6.07, 6.45) is 10.1. The van der Waals surface area contributed by atoms with Gasteiger partial charge in [-0.3, -0.25) is 9.58 Å². The van der Waals surface area contributed by atoms with Crippen molar-refractivity contribution in [3.05, 3.63) is 18.5 Å². The van der Waals surface area contributed by atoms with Crippen LogP contribution in [0.3, 0.4) is 0 Å². The van der Waals surface area contributed by atoms with E-state index < -0.39 is 0 Å². The summed E-state index contributed by atoms with van der Waals surface area (Å²) in [5.74, 6) is 0.642. The lowest BCUT2D eigenvalue weighted by molar-refractivity contribution is 0.0517. The highest BCUT2D eigenvalue weighted by molar-refractivity contribution is 4.81. The second kappa shape index (κ2) is 7.65. The molecule has 1 aromatic rings. The van der Waals surface area contributed by atoms with Crippen LogP contribution >= 0.6 is 0 Å². The molecular weight excluding hydrogens is 238 g/mol. The molecule has 0 spiro atoms. The molecule has 2 atom stereocenters. The SMILES string of the molecule is CC1CCCN(CCCCCn2cccn2)C1CO. The lowest BCUT2D eigenvalue weighted by Gasteiger charge is -2.39. The Morgan fingerprint density at radius 2 is 2.11 bits per heavy atom. The first kappa shape index (κ1) is 14.5. The van der Waals surface area contributed by atoms with E-state index in [1.807, 2.05) is 23.1 Å². The molecule has 2 heterocycles. The van der Waals surface area contributed by atoms with E-state index >= 15 is 0 Å². The van der Waals surface area contributed by atoms with Gasteiger partial charge in [0.2, 0.25) is 0 Å². The lowest BCUT2D eigenvalue weighted by Crippen LogP contribution is -2.46. The molecule has 2 unspecified atom stereocenters. The topological polar surface area (TPSA) is 41.3 Å². The highest BCUT2D eigenvalue weighted by atomic mass is 16.3. The maximum Gasteiger partial charge on any atom is 0.0589 e. The van der Waals surface area contributed by atoms with E-state index in [0.29, 0.717) is 18.6 Å². The van der Waals surface area contributed by atoms with Crippen LogP contribution < -0.4 is 0 Å². The van der Waals surface area contributed by atoms with Gasteiger partial charge in [-0.25, -0.2) is 0 Å². The van der Waals surface area contributed by atoms with Gasteiger partial charge < -0.3 is 5.11 Å². The summed E-state index contributed by atoms with van der Waals surface area (Å²) in [5, 5.41) is 13.7. The van der Waals surface area contributed by atoms with Crippen molar-refractivity contribution in [3.8, 4) is 0 Å². The molecule has 2 rings (SSSR count). The standard InChI is InChI=1S/C15H27N3O/c1-14-7-5-10-17(15(14)13-19)9-3-2-4-11-18-12-6-8-16-18/h6,8,12,14-15,19H,2-5,7,9-11,13H2,1H3. The van der Waals surface area contributed by atoms with Crippen LogP contribution in [0.25, 0.3) is 0 Å². The molecule has 19 heavy (non-hydrogen) atoms. The number of unbranched alkanes of at least 4 members (excludes halogenated alkanes) is 2. The number of likely N-dealkylation sites (tertiary alicyclic amines) is 1. The number of nitrogens with zero attached hydrogens (tertiary/aromatic N) is 3. The fourth-order valence-electron chi connectivity index (χ4n) is 3.11. The molecule has 1 fully saturated rings. The molecule has 0 saturated carbocycles. The van der Waals surface area contributed by atoms with Gasteiger partial charge in [-0.15, -0.1) is 0 Å². The quantitative estimate of drug-likeness (QED) is 0.768. The molecule has 1 aliphatic rings. The van der Waals surface area contributed by atoms with E-state index in [1.165, 1.54) is 32.1 Å².